The Kier molecular flexibility index (Phi) is 3.19. The summed E-state index contributed by atoms with van der Waals surface area (Å²) in [6.45, 7) is 1.79. The molecule has 13 heavy (non-hydrogen) atoms. The standard InChI is InChI=1S/C10H19NO2/c11-8-6-10(7-8)13-5-3-9-2-1-4-12-9/h8-10H,1-7,11H2. The van der Waals surface area contributed by atoms with E-state index in [0.29, 0.717) is 18.2 Å². The molecule has 0 aromatic carbocycles. The summed E-state index contributed by atoms with van der Waals surface area (Å²) in [5.41, 5.74) is 5.66. The lowest BCUT2D eigenvalue weighted by atomic mass is 9.90. The summed E-state index contributed by atoms with van der Waals surface area (Å²) >= 11 is 0. The predicted molar refractivity (Wildman–Crippen MR) is 50.5 cm³/mol. The van der Waals surface area contributed by atoms with E-state index in [2.05, 4.69) is 0 Å². The van der Waals surface area contributed by atoms with E-state index >= 15 is 0 Å². The zero-order chi connectivity index (χ0) is 9.10. The molecule has 0 bridgehead atoms. The Morgan fingerprint density at radius 2 is 2.23 bits per heavy atom. The first-order valence-corrected chi connectivity index (χ1v) is 5.33. The molecule has 0 aromatic heterocycles. The third kappa shape index (κ3) is 2.66. The molecule has 1 saturated carbocycles. The molecule has 2 N–H and O–H groups in total. The molecule has 2 aliphatic rings. The summed E-state index contributed by atoms with van der Waals surface area (Å²) in [7, 11) is 0. The van der Waals surface area contributed by atoms with Gasteiger partial charge in [-0.25, -0.2) is 0 Å². The predicted octanol–water partition coefficient (Wildman–Crippen LogP) is 1.06. The lowest BCUT2D eigenvalue weighted by Gasteiger charge is -2.32. The zero-order valence-corrected chi connectivity index (χ0v) is 8.08. The Morgan fingerprint density at radius 3 is 2.85 bits per heavy atom. The van der Waals surface area contributed by atoms with Crippen molar-refractivity contribution in [1.29, 1.82) is 0 Å². The first-order valence-electron chi connectivity index (χ1n) is 5.33. The molecule has 3 nitrogen and oxygen atoms in total. The van der Waals surface area contributed by atoms with E-state index in [9.17, 15) is 0 Å². The van der Waals surface area contributed by atoms with Crippen molar-refractivity contribution in [2.45, 2.75) is 50.4 Å². The third-order valence-corrected chi connectivity index (χ3v) is 2.95. The van der Waals surface area contributed by atoms with Crippen LogP contribution in [0.15, 0.2) is 0 Å². The van der Waals surface area contributed by atoms with Gasteiger partial charge in [0.15, 0.2) is 0 Å². The molecular weight excluding hydrogens is 166 g/mol. The highest BCUT2D eigenvalue weighted by atomic mass is 16.5. The monoisotopic (exact) mass is 185 g/mol. The Hall–Kier alpha value is -0.120. The van der Waals surface area contributed by atoms with Gasteiger partial charge < -0.3 is 15.2 Å². The molecule has 76 valence electrons. The van der Waals surface area contributed by atoms with E-state index < -0.39 is 0 Å². The fourth-order valence-corrected chi connectivity index (χ4v) is 1.98. The van der Waals surface area contributed by atoms with Gasteiger partial charge in [0.05, 0.1) is 12.2 Å². The fraction of sp³-hybridized carbons (Fsp3) is 1.00. The first kappa shape index (κ1) is 9.44. The highest BCUT2D eigenvalue weighted by molar-refractivity contribution is 4.82. The smallest absolute Gasteiger partial charge is 0.0604 e. The van der Waals surface area contributed by atoms with E-state index in [1.54, 1.807) is 0 Å². The molecular formula is C10H19NO2. The number of nitrogens with two attached hydrogens (primary N) is 1. The summed E-state index contributed by atoms with van der Waals surface area (Å²) in [6, 6.07) is 0.396. The van der Waals surface area contributed by atoms with E-state index in [4.69, 9.17) is 15.2 Å². The van der Waals surface area contributed by atoms with Crippen LogP contribution in [0.4, 0.5) is 0 Å². The van der Waals surface area contributed by atoms with Crippen molar-refractivity contribution < 1.29 is 9.47 Å². The topological polar surface area (TPSA) is 44.5 Å². The molecule has 2 rings (SSSR count). The summed E-state index contributed by atoms with van der Waals surface area (Å²) in [6.07, 6.45) is 6.50. The second-order valence-corrected chi connectivity index (χ2v) is 4.15. The van der Waals surface area contributed by atoms with Gasteiger partial charge in [0.2, 0.25) is 0 Å². The van der Waals surface area contributed by atoms with Crippen LogP contribution in [-0.2, 0) is 9.47 Å². The van der Waals surface area contributed by atoms with E-state index in [0.717, 1.165) is 32.5 Å². The Bertz CT molecular complexity index is 151. The van der Waals surface area contributed by atoms with Gasteiger partial charge in [-0.15, -0.1) is 0 Å². The van der Waals surface area contributed by atoms with Crippen molar-refractivity contribution in [2.75, 3.05) is 13.2 Å². The summed E-state index contributed by atoms with van der Waals surface area (Å²) in [5.74, 6) is 0. The fourth-order valence-electron chi connectivity index (χ4n) is 1.98. The van der Waals surface area contributed by atoms with Gasteiger partial charge in [-0.2, -0.15) is 0 Å². The number of rotatable bonds is 4. The maximum Gasteiger partial charge on any atom is 0.0604 e. The Morgan fingerprint density at radius 1 is 1.38 bits per heavy atom. The summed E-state index contributed by atoms with van der Waals surface area (Å²) in [5, 5.41) is 0. The van der Waals surface area contributed by atoms with Crippen LogP contribution < -0.4 is 5.73 Å². The van der Waals surface area contributed by atoms with Crippen molar-refractivity contribution in [3.8, 4) is 0 Å². The minimum Gasteiger partial charge on any atom is -0.378 e. The zero-order valence-electron chi connectivity index (χ0n) is 8.08. The Labute approximate surface area is 79.6 Å². The van der Waals surface area contributed by atoms with Gasteiger partial charge in [-0.1, -0.05) is 0 Å². The highest BCUT2D eigenvalue weighted by Gasteiger charge is 2.26. The van der Waals surface area contributed by atoms with Crippen molar-refractivity contribution in [1.82, 2.24) is 0 Å². The third-order valence-electron chi connectivity index (χ3n) is 2.95. The van der Waals surface area contributed by atoms with Crippen LogP contribution >= 0.6 is 0 Å². The average Bonchev–Trinajstić information content (AvgIpc) is 2.53. The molecule has 2 fully saturated rings. The normalized spacial score (nSPS) is 39.0. The largest absolute Gasteiger partial charge is 0.378 e. The van der Waals surface area contributed by atoms with Crippen LogP contribution in [0.5, 0.6) is 0 Å². The maximum atomic E-state index is 5.66. The first-order chi connectivity index (χ1) is 6.34. The van der Waals surface area contributed by atoms with Crippen LogP contribution in [0, 0.1) is 0 Å². The van der Waals surface area contributed by atoms with Gasteiger partial charge in [0.25, 0.3) is 0 Å². The lowest BCUT2D eigenvalue weighted by Crippen LogP contribution is -2.41. The molecule has 1 saturated heterocycles. The second-order valence-electron chi connectivity index (χ2n) is 4.15. The maximum absolute atomic E-state index is 5.66. The summed E-state index contributed by atoms with van der Waals surface area (Å²) < 4.78 is 11.2. The van der Waals surface area contributed by atoms with Crippen LogP contribution in [0.3, 0.4) is 0 Å². The molecule has 0 spiro atoms. The van der Waals surface area contributed by atoms with E-state index in [-0.39, 0.29) is 0 Å². The highest BCUT2D eigenvalue weighted by Crippen LogP contribution is 2.22. The molecule has 3 heteroatoms. The molecule has 1 aliphatic carbocycles. The molecule has 1 unspecified atom stereocenters. The SMILES string of the molecule is NC1CC(OCCC2CCCO2)C1. The minimum absolute atomic E-state index is 0.396. The molecule has 1 heterocycles. The molecule has 1 aliphatic heterocycles. The van der Waals surface area contributed by atoms with Crippen molar-refractivity contribution in [3.05, 3.63) is 0 Å². The number of ether oxygens (including phenoxy) is 2. The van der Waals surface area contributed by atoms with Crippen molar-refractivity contribution in [3.63, 3.8) is 0 Å². The van der Waals surface area contributed by atoms with E-state index in [1.807, 2.05) is 0 Å². The molecule has 0 radical (unpaired) electrons. The minimum atomic E-state index is 0.396. The molecule has 0 amide bonds. The number of hydrogen-bond acceptors (Lipinski definition) is 3. The van der Waals surface area contributed by atoms with Crippen LogP contribution in [0.2, 0.25) is 0 Å². The van der Waals surface area contributed by atoms with Crippen LogP contribution in [0.25, 0.3) is 0 Å². The van der Waals surface area contributed by atoms with Crippen molar-refractivity contribution in [2.24, 2.45) is 5.73 Å². The van der Waals surface area contributed by atoms with E-state index in [1.165, 1.54) is 12.8 Å². The van der Waals surface area contributed by atoms with Gasteiger partial charge in [-0.3, -0.25) is 0 Å². The Balaban J connectivity index is 1.49. The lowest BCUT2D eigenvalue weighted by molar-refractivity contribution is -0.0245. The summed E-state index contributed by atoms with van der Waals surface area (Å²) in [4.78, 5) is 0. The number of hydrogen-bond donors (Lipinski definition) is 1. The van der Waals surface area contributed by atoms with Crippen LogP contribution in [0.1, 0.15) is 32.1 Å². The molecule has 0 aromatic rings. The van der Waals surface area contributed by atoms with Crippen molar-refractivity contribution >= 4 is 0 Å². The quantitative estimate of drug-likeness (QED) is 0.712. The second kappa shape index (κ2) is 4.40. The van der Waals surface area contributed by atoms with Gasteiger partial charge in [-0.05, 0) is 32.1 Å². The van der Waals surface area contributed by atoms with Gasteiger partial charge >= 0.3 is 0 Å². The average molecular weight is 185 g/mol. The van der Waals surface area contributed by atoms with Gasteiger partial charge in [0.1, 0.15) is 0 Å². The van der Waals surface area contributed by atoms with Crippen LogP contribution in [-0.4, -0.2) is 31.5 Å². The molecule has 1 atom stereocenters. The van der Waals surface area contributed by atoms with Gasteiger partial charge in [0, 0.05) is 19.3 Å².